The standard InChI is InChI=1S/C17H12ClF3N2O2/c18-12-6-5-11-7-8-23(14(11)9-12)10-16(24)22-13-3-1-2-4-15(13)25-17(19,20)21/h1-9H,10H2,(H,22,24). The van der Waals surface area contributed by atoms with E-state index in [1.807, 2.05) is 12.1 Å². The molecule has 0 radical (unpaired) electrons. The molecule has 4 nitrogen and oxygen atoms in total. The summed E-state index contributed by atoms with van der Waals surface area (Å²) in [6.45, 7) is -0.0792. The molecule has 8 heteroatoms. The normalized spacial score (nSPS) is 11.5. The van der Waals surface area contributed by atoms with E-state index in [1.165, 1.54) is 18.2 Å². The van der Waals surface area contributed by atoms with Crippen molar-refractivity contribution in [2.75, 3.05) is 5.32 Å². The van der Waals surface area contributed by atoms with Crippen molar-refractivity contribution in [1.82, 2.24) is 4.57 Å². The fourth-order valence-electron chi connectivity index (χ4n) is 2.42. The van der Waals surface area contributed by atoms with Crippen LogP contribution in [-0.2, 0) is 11.3 Å². The van der Waals surface area contributed by atoms with Gasteiger partial charge in [-0.25, -0.2) is 0 Å². The van der Waals surface area contributed by atoms with Crippen LogP contribution >= 0.6 is 11.6 Å². The predicted octanol–water partition coefficient (Wildman–Crippen LogP) is 4.83. The van der Waals surface area contributed by atoms with Gasteiger partial charge in [0.2, 0.25) is 5.91 Å². The first-order valence-corrected chi connectivity index (χ1v) is 7.59. The molecule has 1 N–H and O–H groups in total. The molecule has 0 saturated carbocycles. The smallest absolute Gasteiger partial charge is 0.404 e. The highest BCUT2D eigenvalue weighted by molar-refractivity contribution is 6.31. The lowest BCUT2D eigenvalue weighted by atomic mass is 10.2. The number of nitrogens with zero attached hydrogens (tertiary/aromatic N) is 1. The van der Waals surface area contributed by atoms with Gasteiger partial charge in [-0.2, -0.15) is 0 Å². The summed E-state index contributed by atoms with van der Waals surface area (Å²) in [6.07, 6.45) is -3.13. The van der Waals surface area contributed by atoms with Gasteiger partial charge in [0.05, 0.1) is 5.69 Å². The van der Waals surface area contributed by atoms with E-state index in [4.69, 9.17) is 11.6 Å². The SMILES string of the molecule is O=C(Cn1ccc2ccc(Cl)cc21)Nc1ccccc1OC(F)(F)F. The van der Waals surface area contributed by atoms with Crippen LogP contribution in [-0.4, -0.2) is 16.8 Å². The molecule has 0 aliphatic rings. The molecular weight excluding hydrogens is 357 g/mol. The van der Waals surface area contributed by atoms with E-state index >= 15 is 0 Å². The number of aromatic nitrogens is 1. The minimum atomic E-state index is -4.84. The van der Waals surface area contributed by atoms with Crippen molar-refractivity contribution in [3.05, 3.63) is 59.8 Å². The molecule has 0 aliphatic carbocycles. The van der Waals surface area contributed by atoms with Gasteiger partial charge in [0, 0.05) is 16.7 Å². The van der Waals surface area contributed by atoms with Gasteiger partial charge in [0.15, 0.2) is 5.75 Å². The second-order valence-electron chi connectivity index (χ2n) is 5.24. The van der Waals surface area contributed by atoms with Crippen molar-refractivity contribution in [1.29, 1.82) is 0 Å². The quantitative estimate of drug-likeness (QED) is 0.716. The number of anilines is 1. The number of rotatable bonds is 4. The third-order valence-electron chi connectivity index (χ3n) is 3.44. The van der Waals surface area contributed by atoms with E-state index in [2.05, 4.69) is 10.1 Å². The highest BCUT2D eigenvalue weighted by Crippen LogP contribution is 2.30. The fraction of sp³-hybridized carbons (Fsp3) is 0.118. The van der Waals surface area contributed by atoms with E-state index in [0.717, 1.165) is 17.0 Å². The summed E-state index contributed by atoms with van der Waals surface area (Å²) in [5, 5.41) is 3.86. The maximum atomic E-state index is 12.4. The fourth-order valence-corrected chi connectivity index (χ4v) is 2.59. The minimum Gasteiger partial charge on any atom is -0.404 e. The molecule has 1 heterocycles. The van der Waals surface area contributed by atoms with Gasteiger partial charge in [-0.05, 0) is 35.7 Å². The van der Waals surface area contributed by atoms with Crippen molar-refractivity contribution in [3.8, 4) is 5.75 Å². The monoisotopic (exact) mass is 368 g/mol. The molecule has 1 amide bonds. The van der Waals surface area contributed by atoms with E-state index in [9.17, 15) is 18.0 Å². The molecular formula is C17H12ClF3N2O2. The number of ether oxygens (including phenoxy) is 1. The molecule has 130 valence electrons. The predicted molar refractivity (Wildman–Crippen MR) is 88.7 cm³/mol. The van der Waals surface area contributed by atoms with Crippen molar-refractivity contribution in [3.63, 3.8) is 0 Å². The van der Waals surface area contributed by atoms with Gasteiger partial charge in [-0.3, -0.25) is 4.79 Å². The maximum Gasteiger partial charge on any atom is 0.573 e. The third-order valence-corrected chi connectivity index (χ3v) is 3.67. The molecule has 0 saturated heterocycles. The van der Waals surface area contributed by atoms with Crippen molar-refractivity contribution >= 4 is 34.1 Å². The Morgan fingerprint density at radius 1 is 1.16 bits per heavy atom. The van der Waals surface area contributed by atoms with E-state index < -0.39 is 18.0 Å². The van der Waals surface area contributed by atoms with Crippen LogP contribution in [0.25, 0.3) is 10.9 Å². The Morgan fingerprint density at radius 2 is 1.92 bits per heavy atom. The number of hydrogen-bond donors (Lipinski definition) is 1. The molecule has 0 atom stereocenters. The first-order chi connectivity index (χ1) is 11.8. The van der Waals surface area contributed by atoms with Gasteiger partial charge < -0.3 is 14.6 Å². The second kappa shape index (κ2) is 6.68. The number of hydrogen-bond acceptors (Lipinski definition) is 2. The number of carbonyl (C=O) groups excluding carboxylic acids is 1. The number of alkyl halides is 3. The number of nitrogens with one attached hydrogen (secondary N) is 1. The molecule has 0 spiro atoms. The molecule has 25 heavy (non-hydrogen) atoms. The number of amides is 1. The first-order valence-electron chi connectivity index (χ1n) is 7.21. The van der Waals surface area contributed by atoms with Gasteiger partial charge >= 0.3 is 6.36 Å². The third kappa shape index (κ3) is 4.24. The summed E-state index contributed by atoms with van der Waals surface area (Å²) in [7, 11) is 0. The number of carbonyl (C=O) groups is 1. The Kier molecular flexibility index (Phi) is 4.59. The van der Waals surface area contributed by atoms with Crippen molar-refractivity contribution < 1.29 is 22.7 Å². The van der Waals surface area contributed by atoms with Crippen LogP contribution in [0.3, 0.4) is 0 Å². The van der Waals surface area contributed by atoms with Crippen LogP contribution in [0.5, 0.6) is 5.75 Å². The summed E-state index contributed by atoms with van der Waals surface area (Å²) >= 11 is 5.96. The molecule has 3 rings (SSSR count). The molecule has 1 aromatic heterocycles. The number of para-hydroxylation sites is 2. The Bertz CT molecular complexity index is 922. The van der Waals surface area contributed by atoms with Gasteiger partial charge in [-0.1, -0.05) is 29.8 Å². The lowest BCUT2D eigenvalue weighted by Gasteiger charge is -2.14. The van der Waals surface area contributed by atoms with Crippen molar-refractivity contribution in [2.24, 2.45) is 0 Å². The summed E-state index contributed by atoms with van der Waals surface area (Å²) in [5.41, 5.74) is 0.696. The van der Waals surface area contributed by atoms with Crippen LogP contribution in [0, 0.1) is 0 Å². The van der Waals surface area contributed by atoms with E-state index in [-0.39, 0.29) is 12.2 Å². The molecule has 0 fully saturated rings. The summed E-state index contributed by atoms with van der Waals surface area (Å²) in [5.74, 6) is -0.959. The van der Waals surface area contributed by atoms with Crippen LogP contribution < -0.4 is 10.1 Å². The molecule has 0 unspecified atom stereocenters. The topological polar surface area (TPSA) is 43.3 Å². The van der Waals surface area contributed by atoms with E-state index in [0.29, 0.717) is 5.02 Å². The Hall–Kier alpha value is -2.67. The van der Waals surface area contributed by atoms with Crippen LogP contribution in [0.15, 0.2) is 54.7 Å². The summed E-state index contributed by atoms with van der Waals surface area (Å²) in [4.78, 5) is 12.2. The average molecular weight is 369 g/mol. The van der Waals surface area contributed by atoms with E-state index in [1.54, 1.807) is 22.9 Å². The molecule has 2 aromatic carbocycles. The largest absolute Gasteiger partial charge is 0.573 e. The zero-order chi connectivity index (χ0) is 18.0. The molecule has 3 aromatic rings. The Labute approximate surface area is 145 Å². The van der Waals surface area contributed by atoms with Crippen LogP contribution in [0.2, 0.25) is 5.02 Å². The van der Waals surface area contributed by atoms with Gasteiger partial charge in [0.1, 0.15) is 6.54 Å². The molecule has 0 bridgehead atoms. The second-order valence-corrected chi connectivity index (χ2v) is 5.68. The minimum absolute atomic E-state index is 0.0562. The Balaban J connectivity index is 1.78. The highest BCUT2D eigenvalue weighted by Gasteiger charge is 2.32. The van der Waals surface area contributed by atoms with Crippen LogP contribution in [0.4, 0.5) is 18.9 Å². The van der Waals surface area contributed by atoms with Gasteiger partial charge in [-0.15, -0.1) is 13.2 Å². The summed E-state index contributed by atoms with van der Waals surface area (Å²) in [6, 6.07) is 12.4. The number of halogens is 4. The van der Waals surface area contributed by atoms with Crippen LogP contribution in [0.1, 0.15) is 0 Å². The average Bonchev–Trinajstić information content (AvgIpc) is 2.90. The van der Waals surface area contributed by atoms with Gasteiger partial charge in [0.25, 0.3) is 0 Å². The maximum absolute atomic E-state index is 12.4. The first kappa shape index (κ1) is 17.2. The zero-order valence-electron chi connectivity index (χ0n) is 12.7. The lowest BCUT2D eigenvalue weighted by Crippen LogP contribution is -2.21. The zero-order valence-corrected chi connectivity index (χ0v) is 13.4. The molecule has 0 aliphatic heterocycles. The Morgan fingerprint density at radius 3 is 2.68 bits per heavy atom. The number of benzene rings is 2. The highest BCUT2D eigenvalue weighted by atomic mass is 35.5. The van der Waals surface area contributed by atoms with Crippen molar-refractivity contribution in [2.45, 2.75) is 12.9 Å². The summed E-state index contributed by atoms with van der Waals surface area (Å²) < 4.78 is 42.8. The number of fused-ring (bicyclic) bond motifs is 1. The lowest BCUT2D eigenvalue weighted by molar-refractivity contribution is -0.274.